The highest BCUT2D eigenvalue weighted by Crippen LogP contribution is 2.28. The van der Waals surface area contributed by atoms with Crippen molar-refractivity contribution in [2.24, 2.45) is 5.92 Å². The summed E-state index contributed by atoms with van der Waals surface area (Å²) in [5.74, 6) is -1.32. The Morgan fingerprint density at radius 1 is 1.27 bits per heavy atom. The van der Waals surface area contributed by atoms with E-state index in [2.05, 4.69) is 21.2 Å². The van der Waals surface area contributed by atoms with Crippen molar-refractivity contribution in [2.45, 2.75) is 24.7 Å². The van der Waals surface area contributed by atoms with Crippen LogP contribution in [-0.2, 0) is 10.0 Å². The van der Waals surface area contributed by atoms with E-state index >= 15 is 0 Å². The minimum Gasteiger partial charge on any atom is -0.317 e. The molecule has 1 fully saturated rings. The molecule has 1 aromatic rings. The summed E-state index contributed by atoms with van der Waals surface area (Å²) in [4.78, 5) is -0.599. The molecular formula is C14H19BrF2N2O2S. The highest BCUT2D eigenvalue weighted by molar-refractivity contribution is 9.10. The van der Waals surface area contributed by atoms with Gasteiger partial charge in [-0.05, 0) is 59.9 Å². The maximum absolute atomic E-state index is 13.9. The summed E-state index contributed by atoms with van der Waals surface area (Å²) >= 11 is 2.84. The highest BCUT2D eigenvalue weighted by Gasteiger charge is 2.31. The number of hydrogen-bond acceptors (Lipinski definition) is 3. The number of halogens is 3. The lowest BCUT2D eigenvalue weighted by atomic mass is 9.98. The van der Waals surface area contributed by atoms with Crippen molar-refractivity contribution >= 4 is 26.0 Å². The number of piperidine rings is 1. The Morgan fingerprint density at radius 3 is 2.50 bits per heavy atom. The fraction of sp³-hybridized carbons (Fsp3) is 0.571. The van der Waals surface area contributed by atoms with Crippen LogP contribution in [0.2, 0.25) is 0 Å². The van der Waals surface area contributed by atoms with Gasteiger partial charge in [0.15, 0.2) is 0 Å². The molecule has 0 aromatic heterocycles. The van der Waals surface area contributed by atoms with Crippen molar-refractivity contribution in [1.82, 2.24) is 9.62 Å². The second kappa shape index (κ2) is 7.33. The number of benzene rings is 1. The number of nitrogens with zero attached hydrogens (tertiary/aromatic N) is 1. The Balaban J connectivity index is 2.14. The van der Waals surface area contributed by atoms with E-state index < -0.39 is 26.6 Å². The van der Waals surface area contributed by atoms with E-state index in [4.69, 9.17) is 0 Å². The average molecular weight is 397 g/mol. The van der Waals surface area contributed by atoms with E-state index in [0.29, 0.717) is 31.8 Å². The number of sulfonamides is 1. The van der Waals surface area contributed by atoms with Crippen molar-refractivity contribution in [3.05, 3.63) is 28.2 Å². The van der Waals surface area contributed by atoms with Gasteiger partial charge in [-0.3, -0.25) is 0 Å². The van der Waals surface area contributed by atoms with Gasteiger partial charge in [0.25, 0.3) is 0 Å². The Morgan fingerprint density at radius 2 is 1.91 bits per heavy atom. The molecular weight excluding hydrogens is 378 g/mol. The van der Waals surface area contributed by atoms with Crippen LogP contribution in [0, 0.1) is 17.6 Å². The Labute approximate surface area is 138 Å². The van der Waals surface area contributed by atoms with Crippen molar-refractivity contribution in [3.8, 4) is 0 Å². The van der Waals surface area contributed by atoms with Crippen molar-refractivity contribution in [2.75, 3.05) is 26.2 Å². The molecule has 0 radical (unpaired) electrons. The molecule has 1 aliphatic heterocycles. The lowest BCUT2D eigenvalue weighted by Crippen LogP contribution is -2.41. The van der Waals surface area contributed by atoms with E-state index in [1.807, 2.05) is 6.92 Å². The predicted molar refractivity (Wildman–Crippen MR) is 84.1 cm³/mol. The molecule has 124 valence electrons. The van der Waals surface area contributed by atoms with Crippen molar-refractivity contribution in [1.29, 1.82) is 0 Å². The first kappa shape index (κ1) is 17.8. The quantitative estimate of drug-likeness (QED) is 0.778. The third kappa shape index (κ3) is 3.84. The zero-order valence-electron chi connectivity index (χ0n) is 12.3. The molecule has 1 aliphatic rings. The van der Waals surface area contributed by atoms with E-state index in [-0.39, 0.29) is 4.47 Å². The Kier molecular flexibility index (Phi) is 5.93. The fourth-order valence-electron chi connectivity index (χ4n) is 2.54. The minimum atomic E-state index is -4.00. The van der Waals surface area contributed by atoms with E-state index in [0.717, 1.165) is 25.2 Å². The monoisotopic (exact) mass is 396 g/mol. The number of nitrogens with one attached hydrogen (secondary N) is 1. The maximum Gasteiger partial charge on any atom is 0.246 e. The Hall–Kier alpha value is -0.570. The molecule has 0 amide bonds. The summed E-state index contributed by atoms with van der Waals surface area (Å²) < 4.78 is 53.6. The zero-order chi connectivity index (χ0) is 16.3. The van der Waals surface area contributed by atoms with Gasteiger partial charge in [0, 0.05) is 13.1 Å². The van der Waals surface area contributed by atoms with E-state index in [1.165, 1.54) is 4.31 Å². The molecule has 1 saturated heterocycles. The van der Waals surface area contributed by atoms with Gasteiger partial charge in [-0.15, -0.1) is 0 Å². The zero-order valence-corrected chi connectivity index (χ0v) is 14.7. The lowest BCUT2D eigenvalue weighted by molar-refractivity contribution is 0.268. The summed E-state index contributed by atoms with van der Waals surface area (Å²) in [5.41, 5.74) is 0. The molecule has 2 rings (SSSR count). The van der Waals surface area contributed by atoms with Gasteiger partial charge in [0.1, 0.15) is 16.5 Å². The topological polar surface area (TPSA) is 49.4 Å². The molecule has 0 saturated carbocycles. The SMILES string of the molecule is CCNCC1CCN(S(=O)(=O)c2cc(F)c(Br)cc2F)CC1. The molecule has 1 heterocycles. The van der Waals surface area contributed by atoms with Gasteiger partial charge >= 0.3 is 0 Å². The molecule has 0 unspecified atom stereocenters. The largest absolute Gasteiger partial charge is 0.317 e. The summed E-state index contributed by atoms with van der Waals surface area (Å²) in [6, 6.07) is 1.58. The summed E-state index contributed by atoms with van der Waals surface area (Å²) in [6.45, 7) is 4.41. The van der Waals surface area contributed by atoms with Crippen molar-refractivity contribution < 1.29 is 17.2 Å². The molecule has 0 atom stereocenters. The minimum absolute atomic E-state index is 0.0895. The molecule has 8 heteroatoms. The van der Waals surface area contributed by atoms with Gasteiger partial charge in [-0.25, -0.2) is 17.2 Å². The maximum atomic E-state index is 13.9. The smallest absolute Gasteiger partial charge is 0.246 e. The first-order chi connectivity index (χ1) is 10.4. The molecule has 22 heavy (non-hydrogen) atoms. The van der Waals surface area contributed by atoms with Crippen LogP contribution in [0.1, 0.15) is 19.8 Å². The van der Waals surface area contributed by atoms with Crippen LogP contribution in [-0.4, -0.2) is 38.9 Å². The van der Waals surface area contributed by atoms with Crippen LogP contribution in [0.3, 0.4) is 0 Å². The average Bonchev–Trinajstić information content (AvgIpc) is 2.49. The lowest BCUT2D eigenvalue weighted by Gasteiger charge is -2.31. The van der Waals surface area contributed by atoms with Gasteiger partial charge in [-0.1, -0.05) is 6.92 Å². The second-order valence-electron chi connectivity index (χ2n) is 5.35. The van der Waals surface area contributed by atoms with Crippen molar-refractivity contribution in [3.63, 3.8) is 0 Å². The molecule has 4 nitrogen and oxygen atoms in total. The van der Waals surface area contributed by atoms with E-state index in [9.17, 15) is 17.2 Å². The first-order valence-electron chi connectivity index (χ1n) is 7.21. The summed E-state index contributed by atoms with van der Waals surface area (Å²) in [5, 5.41) is 3.24. The van der Waals surface area contributed by atoms with Gasteiger partial charge in [-0.2, -0.15) is 4.31 Å². The Bertz CT molecular complexity index is 632. The number of hydrogen-bond donors (Lipinski definition) is 1. The molecule has 0 spiro atoms. The molecule has 0 bridgehead atoms. The summed E-state index contributed by atoms with van der Waals surface area (Å²) in [6.07, 6.45) is 1.43. The van der Waals surface area contributed by atoms with Crippen LogP contribution < -0.4 is 5.32 Å². The number of rotatable bonds is 5. The van der Waals surface area contributed by atoms with Gasteiger partial charge in [0.05, 0.1) is 4.47 Å². The molecule has 1 N–H and O–H groups in total. The second-order valence-corrected chi connectivity index (χ2v) is 8.11. The van der Waals surface area contributed by atoms with Crippen LogP contribution in [0.4, 0.5) is 8.78 Å². The summed E-state index contributed by atoms with van der Waals surface area (Å²) in [7, 11) is -4.00. The normalized spacial score (nSPS) is 17.8. The van der Waals surface area contributed by atoms with Gasteiger partial charge in [0.2, 0.25) is 10.0 Å². The predicted octanol–water partition coefficient (Wildman–Crippen LogP) is 2.74. The third-order valence-electron chi connectivity index (χ3n) is 3.85. The fourth-order valence-corrected chi connectivity index (χ4v) is 4.39. The van der Waals surface area contributed by atoms with Crippen LogP contribution in [0.5, 0.6) is 0 Å². The first-order valence-corrected chi connectivity index (χ1v) is 9.45. The standard InChI is InChI=1S/C14H19BrF2N2O2S/c1-2-18-9-10-3-5-19(6-4-10)22(20,21)14-8-12(16)11(15)7-13(14)17/h7-8,10,18H,2-6,9H2,1H3. The van der Waals surface area contributed by atoms with Crippen LogP contribution in [0.15, 0.2) is 21.5 Å². The molecule has 1 aromatic carbocycles. The molecule has 0 aliphatic carbocycles. The van der Waals surface area contributed by atoms with Crippen LogP contribution >= 0.6 is 15.9 Å². The highest BCUT2D eigenvalue weighted by atomic mass is 79.9. The van der Waals surface area contributed by atoms with E-state index in [1.54, 1.807) is 0 Å². The van der Waals surface area contributed by atoms with Gasteiger partial charge < -0.3 is 5.32 Å². The van der Waals surface area contributed by atoms with Crippen LogP contribution in [0.25, 0.3) is 0 Å². The third-order valence-corrected chi connectivity index (χ3v) is 6.37.